The summed E-state index contributed by atoms with van der Waals surface area (Å²) in [5.74, 6) is -0.372. The molecule has 0 saturated carbocycles. The zero-order valence-corrected chi connectivity index (χ0v) is 13.6. The van der Waals surface area contributed by atoms with Gasteiger partial charge in [-0.25, -0.2) is 4.39 Å². The molecule has 0 unspecified atom stereocenters. The number of anilines is 1. The van der Waals surface area contributed by atoms with E-state index in [0.717, 1.165) is 24.5 Å². The number of aliphatic imine (C=N–C) groups is 1. The van der Waals surface area contributed by atoms with Crippen LogP contribution in [0.2, 0.25) is 0 Å². The maximum Gasteiger partial charge on any atom is 0.198 e. The number of nitrogens with one attached hydrogen (secondary N) is 1. The SMILES string of the molecule is Oc1[nH]c2ccc(F)cc2c1C=Nc1ccccc1N1CCOCC1. The second-order valence-corrected chi connectivity index (χ2v) is 5.92. The summed E-state index contributed by atoms with van der Waals surface area (Å²) in [6, 6.07) is 12.2. The summed E-state index contributed by atoms with van der Waals surface area (Å²) >= 11 is 0. The Kier molecular flexibility index (Phi) is 4.11. The van der Waals surface area contributed by atoms with Crippen LogP contribution in [0.5, 0.6) is 5.88 Å². The average molecular weight is 339 g/mol. The van der Waals surface area contributed by atoms with Crippen LogP contribution >= 0.6 is 0 Å². The van der Waals surface area contributed by atoms with Crippen molar-refractivity contribution in [3.63, 3.8) is 0 Å². The maximum absolute atomic E-state index is 13.5. The third-order valence-corrected chi connectivity index (χ3v) is 4.35. The van der Waals surface area contributed by atoms with Crippen LogP contribution in [0.1, 0.15) is 5.56 Å². The quantitative estimate of drug-likeness (QED) is 0.717. The molecule has 0 bridgehead atoms. The van der Waals surface area contributed by atoms with Crippen LogP contribution in [-0.2, 0) is 4.74 Å². The van der Waals surface area contributed by atoms with Crippen molar-refractivity contribution in [2.45, 2.75) is 0 Å². The number of fused-ring (bicyclic) bond motifs is 1. The lowest BCUT2D eigenvalue weighted by atomic mass is 10.2. The van der Waals surface area contributed by atoms with E-state index >= 15 is 0 Å². The van der Waals surface area contributed by atoms with Gasteiger partial charge in [0.2, 0.25) is 0 Å². The highest BCUT2D eigenvalue weighted by Gasteiger charge is 2.14. The summed E-state index contributed by atoms with van der Waals surface area (Å²) in [7, 11) is 0. The Morgan fingerprint density at radius 1 is 1.16 bits per heavy atom. The molecule has 1 aromatic heterocycles. The second-order valence-electron chi connectivity index (χ2n) is 5.92. The van der Waals surface area contributed by atoms with Gasteiger partial charge in [-0.15, -0.1) is 0 Å². The lowest BCUT2D eigenvalue weighted by Gasteiger charge is -2.29. The first-order valence-corrected chi connectivity index (χ1v) is 8.18. The van der Waals surface area contributed by atoms with Crippen molar-refractivity contribution in [1.82, 2.24) is 4.98 Å². The number of para-hydroxylation sites is 2. The van der Waals surface area contributed by atoms with Crippen molar-refractivity contribution >= 4 is 28.5 Å². The highest BCUT2D eigenvalue weighted by Crippen LogP contribution is 2.31. The number of H-pyrrole nitrogens is 1. The number of morpholine rings is 1. The Balaban J connectivity index is 1.71. The number of nitrogens with zero attached hydrogens (tertiary/aromatic N) is 2. The standard InChI is InChI=1S/C19H18FN3O2/c20-13-5-6-16-14(11-13)15(19(24)22-16)12-21-17-3-1-2-4-18(17)23-7-9-25-10-8-23/h1-6,11-12,22,24H,7-10H2. The van der Waals surface area contributed by atoms with Crippen LogP contribution < -0.4 is 4.90 Å². The van der Waals surface area contributed by atoms with Crippen molar-refractivity contribution in [2.24, 2.45) is 4.99 Å². The van der Waals surface area contributed by atoms with E-state index in [1.165, 1.54) is 12.1 Å². The first kappa shape index (κ1) is 15.7. The van der Waals surface area contributed by atoms with Gasteiger partial charge in [-0.2, -0.15) is 0 Å². The van der Waals surface area contributed by atoms with E-state index in [1.54, 1.807) is 12.3 Å². The van der Waals surface area contributed by atoms with Gasteiger partial charge in [0.1, 0.15) is 5.82 Å². The van der Waals surface area contributed by atoms with E-state index in [1.807, 2.05) is 24.3 Å². The van der Waals surface area contributed by atoms with E-state index in [-0.39, 0.29) is 11.7 Å². The van der Waals surface area contributed by atoms with Gasteiger partial charge < -0.3 is 19.7 Å². The second kappa shape index (κ2) is 6.57. The van der Waals surface area contributed by atoms with Crippen molar-refractivity contribution < 1.29 is 14.2 Å². The Morgan fingerprint density at radius 2 is 1.96 bits per heavy atom. The average Bonchev–Trinajstić information content (AvgIpc) is 2.95. The Morgan fingerprint density at radius 3 is 2.80 bits per heavy atom. The third-order valence-electron chi connectivity index (χ3n) is 4.35. The number of aromatic hydroxyl groups is 1. The van der Waals surface area contributed by atoms with Crippen LogP contribution in [0.3, 0.4) is 0 Å². The normalized spacial score (nSPS) is 15.3. The van der Waals surface area contributed by atoms with Crippen molar-refractivity contribution in [3.8, 4) is 5.88 Å². The molecule has 6 heteroatoms. The molecule has 0 radical (unpaired) electrons. The largest absolute Gasteiger partial charge is 0.494 e. The van der Waals surface area contributed by atoms with Gasteiger partial charge in [0.05, 0.1) is 30.2 Å². The molecule has 2 heterocycles. The number of benzene rings is 2. The van der Waals surface area contributed by atoms with E-state index < -0.39 is 0 Å². The number of ether oxygens (including phenoxy) is 1. The molecule has 1 aliphatic rings. The fourth-order valence-electron chi connectivity index (χ4n) is 3.08. The fraction of sp³-hybridized carbons (Fsp3) is 0.211. The Hall–Kier alpha value is -2.86. The number of halogens is 1. The van der Waals surface area contributed by atoms with Crippen molar-refractivity contribution in [3.05, 3.63) is 53.8 Å². The molecule has 0 aliphatic carbocycles. The van der Waals surface area contributed by atoms with Crippen molar-refractivity contribution in [1.29, 1.82) is 0 Å². The Bertz CT molecular complexity index is 930. The van der Waals surface area contributed by atoms with Gasteiger partial charge in [-0.1, -0.05) is 12.1 Å². The predicted molar refractivity (Wildman–Crippen MR) is 96.6 cm³/mol. The summed E-state index contributed by atoms with van der Waals surface area (Å²) < 4.78 is 18.9. The summed E-state index contributed by atoms with van der Waals surface area (Å²) in [5.41, 5.74) is 2.97. The molecule has 3 aromatic rings. The molecule has 5 nitrogen and oxygen atoms in total. The van der Waals surface area contributed by atoms with Gasteiger partial charge in [0, 0.05) is 30.2 Å². The molecule has 2 aromatic carbocycles. The third kappa shape index (κ3) is 3.08. The van der Waals surface area contributed by atoms with E-state index in [9.17, 15) is 9.50 Å². The number of aromatic amines is 1. The van der Waals surface area contributed by atoms with Gasteiger partial charge in [0.25, 0.3) is 0 Å². The van der Waals surface area contributed by atoms with Crippen LogP contribution in [-0.4, -0.2) is 42.6 Å². The summed E-state index contributed by atoms with van der Waals surface area (Å²) in [4.78, 5) is 9.62. The number of hydrogen-bond donors (Lipinski definition) is 2. The molecule has 1 fully saturated rings. The zero-order chi connectivity index (χ0) is 17.2. The molecule has 25 heavy (non-hydrogen) atoms. The van der Waals surface area contributed by atoms with Crippen LogP contribution in [0.25, 0.3) is 10.9 Å². The molecular formula is C19H18FN3O2. The molecule has 0 amide bonds. The zero-order valence-electron chi connectivity index (χ0n) is 13.6. The molecule has 0 spiro atoms. The minimum absolute atomic E-state index is 0.0202. The lowest BCUT2D eigenvalue weighted by molar-refractivity contribution is 0.123. The summed E-state index contributed by atoms with van der Waals surface area (Å²) in [5, 5.41) is 10.7. The molecule has 128 valence electrons. The van der Waals surface area contributed by atoms with Crippen LogP contribution in [0, 0.1) is 5.82 Å². The smallest absolute Gasteiger partial charge is 0.198 e. The molecule has 1 aliphatic heterocycles. The van der Waals surface area contributed by atoms with Gasteiger partial charge in [-0.05, 0) is 30.3 Å². The van der Waals surface area contributed by atoms with Crippen molar-refractivity contribution in [2.75, 3.05) is 31.2 Å². The van der Waals surface area contributed by atoms with E-state index in [4.69, 9.17) is 4.74 Å². The fourth-order valence-corrected chi connectivity index (χ4v) is 3.08. The molecule has 4 rings (SSSR count). The molecule has 2 N–H and O–H groups in total. The highest BCUT2D eigenvalue weighted by atomic mass is 19.1. The van der Waals surface area contributed by atoms with E-state index in [2.05, 4.69) is 14.9 Å². The number of rotatable bonds is 3. The minimum Gasteiger partial charge on any atom is -0.494 e. The van der Waals surface area contributed by atoms with Crippen LogP contribution in [0.15, 0.2) is 47.5 Å². The summed E-state index contributed by atoms with van der Waals surface area (Å²) in [6.07, 6.45) is 1.58. The van der Waals surface area contributed by atoms with Crippen LogP contribution in [0.4, 0.5) is 15.8 Å². The number of aromatic nitrogens is 1. The summed E-state index contributed by atoms with van der Waals surface area (Å²) in [6.45, 7) is 3.02. The van der Waals surface area contributed by atoms with Gasteiger partial charge in [0.15, 0.2) is 5.88 Å². The molecule has 1 saturated heterocycles. The molecular weight excluding hydrogens is 321 g/mol. The first-order chi connectivity index (χ1) is 12.2. The first-order valence-electron chi connectivity index (χ1n) is 8.18. The lowest BCUT2D eigenvalue weighted by Crippen LogP contribution is -2.36. The van der Waals surface area contributed by atoms with Gasteiger partial charge >= 0.3 is 0 Å². The monoisotopic (exact) mass is 339 g/mol. The minimum atomic E-state index is -0.352. The highest BCUT2D eigenvalue weighted by molar-refractivity contribution is 6.03. The van der Waals surface area contributed by atoms with Gasteiger partial charge in [-0.3, -0.25) is 4.99 Å². The number of hydrogen-bond acceptors (Lipinski definition) is 4. The predicted octanol–water partition coefficient (Wildman–Crippen LogP) is 3.60. The molecule has 0 atom stereocenters. The van der Waals surface area contributed by atoms with E-state index in [0.29, 0.717) is 29.7 Å². The Labute approximate surface area is 144 Å². The topological polar surface area (TPSA) is 60.8 Å². The maximum atomic E-state index is 13.5.